The molecule has 63 heteroatoms. The Kier molecular flexibility index (Phi) is 41.0. The van der Waals surface area contributed by atoms with Crippen LogP contribution in [0.4, 0.5) is 0 Å². The van der Waals surface area contributed by atoms with E-state index in [1.807, 2.05) is 0 Å². The molecule has 60 atom stereocenters. The third kappa shape index (κ3) is 24.5. The maximum atomic E-state index is 13.2. The number of carbonyl (C=O) groups excluding carboxylic acids is 2. The lowest BCUT2D eigenvalue weighted by atomic mass is 9.94. The Labute approximate surface area is 784 Å². The third-order valence-corrected chi connectivity index (χ3v) is 25.9. The number of carbonyl (C=O) groups is 2. The number of aliphatic hydroxyl groups is 36. The van der Waals surface area contributed by atoms with Gasteiger partial charge in [-0.15, -0.1) is 0 Å². The number of rotatable bonds is 36. The van der Waals surface area contributed by atoms with Crippen molar-refractivity contribution in [2.24, 2.45) is 0 Å². The Morgan fingerprint density at radius 3 is 0.712 bits per heavy atom. The molecule has 0 bridgehead atoms. The highest BCUT2D eigenvalue weighted by Gasteiger charge is 2.64. The van der Waals surface area contributed by atoms with Crippen LogP contribution >= 0.6 is 0 Å². The summed E-state index contributed by atoms with van der Waals surface area (Å²) in [5.41, 5.74) is 0. The average molecular weight is 2050 g/mol. The fraction of sp³-hybridized carbons (Fsp3) is 0.974. The molecule has 12 aliphatic rings. The molecule has 0 unspecified atom stereocenters. The summed E-state index contributed by atoms with van der Waals surface area (Å²) in [6.45, 7) is -12.5. The zero-order valence-electron chi connectivity index (χ0n) is 73.4. The largest absolute Gasteiger partial charge is 0.394 e. The Morgan fingerprint density at radius 2 is 0.396 bits per heavy atom. The number of ether oxygens (including phenoxy) is 23. The molecule has 0 aliphatic carbocycles. The van der Waals surface area contributed by atoms with E-state index in [1.54, 1.807) is 0 Å². The number of nitrogens with one attached hydrogen (secondary N) is 2. The van der Waals surface area contributed by atoms with Crippen LogP contribution in [-0.4, -0.2) is 643 Å². The van der Waals surface area contributed by atoms with E-state index in [-0.39, 0.29) is 0 Å². The molecule has 0 aromatic rings. The summed E-state index contributed by atoms with van der Waals surface area (Å²) in [7, 11) is 0. The van der Waals surface area contributed by atoms with Gasteiger partial charge in [0.1, 0.15) is 293 Å². The van der Waals surface area contributed by atoms with Gasteiger partial charge in [-0.1, -0.05) is 0 Å². The highest BCUT2D eigenvalue weighted by atomic mass is 16.8. The Balaban J connectivity index is 0.912. The van der Waals surface area contributed by atoms with E-state index in [0.717, 1.165) is 13.8 Å². The van der Waals surface area contributed by atoms with Crippen molar-refractivity contribution in [3.8, 4) is 0 Å². The maximum Gasteiger partial charge on any atom is 0.217 e. The molecule has 0 aromatic heterocycles. The standard InChI is InChI=1S/C76H128N2O61/c1-15(89)77-29-41(101)56(25(11-87)119-65(29)116)131-66-30(78-16(2)90)42(102)57(26(12-88)128-66)132-71-55(115)59(134-74-63(49(109)37(97)22(8-84)125-74)138-76-64(50(110)38(98)24(10-86)127-76)139-75-62(48(108)36(96)23(9-85)126-75)137-70-53(113)45(105)33(93)19(5-81)122-70)40(100)28(130-71)13-117-67-54(114)58(133-73-61(47(107)35(95)21(7-83)124-73)136-69-52(112)44(104)32(92)18(4-80)121-69)39(99)27(129-67)14-118-72-60(46(106)34(94)20(6-82)123-72)135-68-51(111)43(103)31(91)17(3-79)120-68/h17-76,79-88,91-116H,3-14H2,1-2H3,(H,77,89)(H,78,90)/t17-,18-,19-,20-,21-,22-,23-,24-,25-,26-,27-,28-,29-,30-,31-,32-,33-,34-,35-,36-,37-,38-,39-,40-,41-,42-,43+,44+,45+,46+,47+,48+,49+,50+,51+,52+,53-,54+,55+,56-,57-,58+,59+,60+,61+,62+,63+,64+,65-,66+,67+,68-,69-,70-,71+,72+,73-,74-,75-,76-/m1/s1. The summed E-state index contributed by atoms with van der Waals surface area (Å²) in [4.78, 5) is 25.5. The number of aliphatic hydroxyl groups excluding tert-OH is 36. The number of hydrogen-bond donors (Lipinski definition) is 38. The minimum absolute atomic E-state index is 0.842. The fourth-order valence-electron chi connectivity index (χ4n) is 17.9. The molecular formula is C76H128N2O61. The van der Waals surface area contributed by atoms with Crippen LogP contribution < -0.4 is 10.6 Å². The van der Waals surface area contributed by atoms with Crippen molar-refractivity contribution in [1.29, 1.82) is 0 Å². The van der Waals surface area contributed by atoms with Gasteiger partial charge < -0.3 is 303 Å². The topological polar surface area (TPSA) is 999 Å². The second-order valence-corrected chi connectivity index (χ2v) is 35.2. The maximum absolute atomic E-state index is 13.2. The first-order chi connectivity index (χ1) is 65.9. The van der Waals surface area contributed by atoms with Gasteiger partial charge in [-0.25, -0.2) is 0 Å². The van der Waals surface area contributed by atoms with Crippen LogP contribution in [0.1, 0.15) is 13.8 Å². The first-order valence-corrected chi connectivity index (χ1v) is 44.2. The normalized spacial score (nSPS) is 51.9. The zero-order valence-corrected chi connectivity index (χ0v) is 73.4. The quantitative estimate of drug-likeness (QED) is 0.0277. The van der Waals surface area contributed by atoms with Crippen molar-refractivity contribution in [3.63, 3.8) is 0 Å². The second kappa shape index (κ2) is 49.8. The predicted molar refractivity (Wildman–Crippen MR) is 418 cm³/mol. The minimum Gasteiger partial charge on any atom is -0.394 e. The number of hydrogen-bond acceptors (Lipinski definition) is 61. The first-order valence-electron chi connectivity index (χ1n) is 44.2. The van der Waals surface area contributed by atoms with E-state index in [4.69, 9.17) is 109 Å². The van der Waals surface area contributed by atoms with Crippen LogP contribution in [0.5, 0.6) is 0 Å². The molecule has 0 aromatic carbocycles. The lowest BCUT2D eigenvalue weighted by Gasteiger charge is -2.51. The summed E-state index contributed by atoms with van der Waals surface area (Å²) in [5, 5.41) is 408. The SMILES string of the molecule is CC(=O)N[C@@H]1[C@@H](O)[C@H](O[C@@H]2O[C@H](CO)[C@@H](O[C@@H]3O[C@H](CO[C@H]4O[C@H](CO[C@H]5O[C@H](CO)[C@@H](O)[C@H](O)[C@@H]5O[C@H]5O[C@H](CO)[C@@H](O)[C@H](O)[C@@H]5O)[C@@H](O)[C@H](O[C@H]5O[C@H](CO)[C@@H](O)[C@H](O)[C@@H]5O[C@H]5O[C@H](CO)[C@@H](O)[C@H](O)[C@@H]5O)[C@@H]4O)[C@@H](O)[C@H](O[C@H]4O[C@H](CO)[C@@H](O)[C@H](O)[C@@H]4O[C@H]4O[C@H](CO)[C@@H](O)[C@H](O)[C@@H]4O[C@H]4O[C@H](CO)[C@@H](O)[C@H](O)[C@@H]4O[C@H]4O[C@H](CO)[C@@H](O)[C@H](O)[C@H]4O)[C@@H]3O)[C@H](O)[C@H]2NC(C)=O)[C@@H](CO)O[C@H]1O. The van der Waals surface area contributed by atoms with Gasteiger partial charge in [0.2, 0.25) is 11.8 Å². The molecule has 12 heterocycles. The fourth-order valence-corrected chi connectivity index (χ4v) is 17.9. The highest BCUT2D eigenvalue weighted by Crippen LogP contribution is 2.43. The summed E-state index contributed by atoms with van der Waals surface area (Å²) < 4.78 is 136. The summed E-state index contributed by atoms with van der Waals surface area (Å²) in [5.74, 6) is -1.86. The molecule has 12 fully saturated rings. The molecule has 38 N–H and O–H groups in total. The van der Waals surface area contributed by atoms with Crippen LogP contribution in [-0.2, 0) is 119 Å². The average Bonchev–Trinajstić information content (AvgIpc) is 0.758. The molecule has 0 radical (unpaired) electrons. The Morgan fingerprint density at radius 1 is 0.187 bits per heavy atom. The van der Waals surface area contributed by atoms with E-state index in [9.17, 15) is 193 Å². The summed E-state index contributed by atoms with van der Waals surface area (Å²) in [6.07, 6.45) is -131. The lowest BCUT2D eigenvalue weighted by Crippen LogP contribution is -2.70. The molecule has 12 rings (SSSR count). The van der Waals surface area contributed by atoms with Crippen molar-refractivity contribution in [3.05, 3.63) is 0 Å². The van der Waals surface area contributed by atoms with Crippen LogP contribution in [0.3, 0.4) is 0 Å². The molecular weight excluding hydrogens is 1920 g/mol. The van der Waals surface area contributed by atoms with Gasteiger partial charge >= 0.3 is 0 Å². The smallest absolute Gasteiger partial charge is 0.217 e. The van der Waals surface area contributed by atoms with Gasteiger partial charge in [0.25, 0.3) is 0 Å². The Hall–Kier alpha value is -3.42. The molecule has 12 aliphatic heterocycles. The third-order valence-electron chi connectivity index (χ3n) is 25.9. The first kappa shape index (κ1) is 114. The zero-order chi connectivity index (χ0) is 102. The minimum atomic E-state index is -2.76. The lowest BCUT2D eigenvalue weighted by molar-refractivity contribution is -0.414. The van der Waals surface area contributed by atoms with Gasteiger partial charge in [-0.3, -0.25) is 9.59 Å². The molecule has 0 spiro atoms. The van der Waals surface area contributed by atoms with Crippen LogP contribution in [0, 0.1) is 0 Å². The molecule has 0 saturated carbocycles. The van der Waals surface area contributed by atoms with Crippen LogP contribution in [0.25, 0.3) is 0 Å². The van der Waals surface area contributed by atoms with Crippen molar-refractivity contribution < 1.29 is 302 Å². The second-order valence-electron chi connectivity index (χ2n) is 35.2. The summed E-state index contributed by atoms with van der Waals surface area (Å²) >= 11 is 0. The molecule has 139 heavy (non-hydrogen) atoms. The van der Waals surface area contributed by atoms with Crippen molar-refractivity contribution in [2.45, 2.75) is 382 Å². The Bertz CT molecular complexity index is 3730. The van der Waals surface area contributed by atoms with Gasteiger partial charge in [0.15, 0.2) is 75.5 Å². The molecule has 12 saturated heterocycles. The van der Waals surface area contributed by atoms with E-state index in [0.29, 0.717) is 0 Å². The van der Waals surface area contributed by atoms with Gasteiger partial charge in [-0.05, 0) is 0 Å². The van der Waals surface area contributed by atoms with E-state index < -0.39 is 459 Å². The van der Waals surface area contributed by atoms with E-state index in [1.165, 1.54) is 0 Å². The molecule has 808 valence electrons. The van der Waals surface area contributed by atoms with Crippen LogP contribution in [0.2, 0.25) is 0 Å². The van der Waals surface area contributed by atoms with Crippen molar-refractivity contribution >= 4 is 11.8 Å². The van der Waals surface area contributed by atoms with Gasteiger partial charge in [0, 0.05) is 13.8 Å². The predicted octanol–water partition coefficient (Wildman–Crippen LogP) is -26.9. The van der Waals surface area contributed by atoms with Crippen molar-refractivity contribution in [2.75, 3.05) is 79.3 Å². The molecule has 63 nitrogen and oxygen atoms in total. The highest BCUT2D eigenvalue weighted by molar-refractivity contribution is 5.73. The van der Waals surface area contributed by atoms with Crippen LogP contribution in [0.15, 0.2) is 0 Å². The summed E-state index contributed by atoms with van der Waals surface area (Å²) in [6, 6.07) is -3.77. The van der Waals surface area contributed by atoms with E-state index >= 15 is 0 Å². The monoisotopic (exact) mass is 2040 g/mol. The van der Waals surface area contributed by atoms with E-state index in [2.05, 4.69) is 10.6 Å². The number of amides is 2. The molecule has 2 amide bonds. The van der Waals surface area contributed by atoms with Crippen molar-refractivity contribution in [1.82, 2.24) is 10.6 Å². The van der Waals surface area contributed by atoms with Gasteiger partial charge in [-0.2, -0.15) is 0 Å². The van der Waals surface area contributed by atoms with Gasteiger partial charge in [0.05, 0.1) is 79.3 Å².